The van der Waals surface area contributed by atoms with E-state index in [1.54, 1.807) is 0 Å². The third-order valence-corrected chi connectivity index (χ3v) is 4.83. The second-order valence-electron chi connectivity index (χ2n) is 6.65. The molecule has 0 aromatic heterocycles. The highest BCUT2D eigenvalue weighted by molar-refractivity contribution is 5.94. The molecule has 2 aromatic carbocycles. The minimum absolute atomic E-state index is 0.0277. The molecule has 1 aliphatic heterocycles. The second kappa shape index (κ2) is 7.48. The maximum absolute atomic E-state index is 12.4. The van der Waals surface area contributed by atoms with Crippen molar-refractivity contribution in [1.82, 2.24) is 5.32 Å². The second-order valence-corrected chi connectivity index (χ2v) is 6.65. The van der Waals surface area contributed by atoms with Crippen LogP contribution in [0.15, 0.2) is 66.4 Å². The summed E-state index contributed by atoms with van der Waals surface area (Å²) in [6.45, 7) is 0.271. The van der Waals surface area contributed by atoms with Crippen molar-refractivity contribution >= 4 is 23.0 Å². The van der Waals surface area contributed by atoms with E-state index < -0.39 is 0 Å². The molecule has 2 aromatic rings. The molecule has 4 rings (SSSR count). The van der Waals surface area contributed by atoms with Crippen LogP contribution in [0.4, 0.5) is 17.1 Å². The zero-order valence-electron chi connectivity index (χ0n) is 14.7. The first-order valence-corrected chi connectivity index (χ1v) is 9.17. The third-order valence-electron chi connectivity index (χ3n) is 4.83. The predicted molar refractivity (Wildman–Crippen MR) is 107 cm³/mol. The quantitative estimate of drug-likeness (QED) is 0.775. The Balaban J connectivity index is 1.46. The first-order chi connectivity index (χ1) is 12.8. The van der Waals surface area contributed by atoms with E-state index in [0.717, 1.165) is 54.0 Å². The highest BCUT2D eigenvalue weighted by Gasteiger charge is 2.16. The molecule has 26 heavy (non-hydrogen) atoms. The summed E-state index contributed by atoms with van der Waals surface area (Å²) in [4.78, 5) is 12.4. The van der Waals surface area contributed by atoms with Crippen LogP contribution in [0.5, 0.6) is 0 Å². The summed E-state index contributed by atoms with van der Waals surface area (Å²) >= 11 is 0. The van der Waals surface area contributed by atoms with Crippen molar-refractivity contribution in [2.24, 2.45) is 0 Å². The van der Waals surface area contributed by atoms with Crippen LogP contribution >= 0.6 is 0 Å². The van der Waals surface area contributed by atoms with Crippen molar-refractivity contribution in [2.75, 3.05) is 17.2 Å². The Morgan fingerprint density at radius 1 is 1.00 bits per heavy atom. The van der Waals surface area contributed by atoms with Crippen molar-refractivity contribution in [2.45, 2.75) is 25.7 Å². The van der Waals surface area contributed by atoms with Crippen LogP contribution in [-0.4, -0.2) is 12.5 Å². The summed E-state index contributed by atoms with van der Waals surface area (Å²) in [5, 5.41) is 9.78. The number of anilines is 3. The lowest BCUT2D eigenvalue weighted by Gasteiger charge is -2.15. The average molecular weight is 345 g/mol. The molecule has 1 heterocycles. The molecule has 3 N–H and O–H groups in total. The Morgan fingerprint density at radius 3 is 2.77 bits per heavy atom. The van der Waals surface area contributed by atoms with Crippen LogP contribution in [0.1, 0.15) is 24.0 Å². The van der Waals surface area contributed by atoms with Crippen LogP contribution in [0.3, 0.4) is 0 Å². The number of fused-ring (bicyclic) bond motifs is 2. The minimum atomic E-state index is -0.0277. The zero-order valence-corrected chi connectivity index (χ0v) is 14.7. The third kappa shape index (κ3) is 3.64. The van der Waals surface area contributed by atoms with Gasteiger partial charge in [0.05, 0.1) is 6.54 Å². The summed E-state index contributed by atoms with van der Waals surface area (Å²) < 4.78 is 0. The molecule has 132 valence electrons. The minimum Gasteiger partial charge on any atom is -0.376 e. The highest BCUT2D eigenvalue weighted by atomic mass is 16.1. The molecule has 4 nitrogen and oxygen atoms in total. The van der Waals surface area contributed by atoms with Gasteiger partial charge in [0.15, 0.2) is 0 Å². The topological polar surface area (TPSA) is 53.2 Å². The maximum atomic E-state index is 12.4. The highest BCUT2D eigenvalue weighted by Crippen LogP contribution is 2.33. The van der Waals surface area contributed by atoms with Crippen molar-refractivity contribution in [1.29, 1.82) is 0 Å². The van der Waals surface area contributed by atoms with E-state index >= 15 is 0 Å². The van der Waals surface area contributed by atoms with Crippen molar-refractivity contribution in [3.63, 3.8) is 0 Å². The lowest BCUT2D eigenvalue weighted by Crippen LogP contribution is -2.28. The summed E-state index contributed by atoms with van der Waals surface area (Å²) in [7, 11) is 0. The van der Waals surface area contributed by atoms with Gasteiger partial charge in [-0.05, 0) is 61.1 Å². The maximum Gasteiger partial charge on any atom is 0.243 e. The molecular weight excluding hydrogens is 322 g/mol. The van der Waals surface area contributed by atoms with E-state index in [1.807, 2.05) is 24.3 Å². The summed E-state index contributed by atoms with van der Waals surface area (Å²) in [6.07, 6.45) is 10.2. The molecule has 0 saturated heterocycles. The summed E-state index contributed by atoms with van der Waals surface area (Å²) in [5.41, 5.74) is 6.59. The van der Waals surface area contributed by atoms with Gasteiger partial charge in [0.2, 0.25) is 5.91 Å². The fraction of sp³-hybridized carbons (Fsp3) is 0.227. The number of carbonyl (C=O) groups excluding carboxylic acids is 1. The summed E-state index contributed by atoms with van der Waals surface area (Å²) in [6, 6.07) is 14.4. The number of carbonyl (C=O) groups is 1. The largest absolute Gasteiger partial charge is 0.376 e. The van der Waals surface area contributed by atoms with Crippen LogP contribution in [0, 0.1) is 0 Å². The smallest absolute Gasteiger partial charge is 0.243 e. The van der Waals surface area contributed by atoms with E-state index in [9.17, 15) is 4.79 Å². The molecule has 0 fully saturated rings. The Bertz CT molecular complexity index is 883. The normalized spacial score (nSPS) is 15.0. The lowest BCUT2D eigenvalue weighted by molar-refractivity contribution is -0.115. The molecule has 0 radical (unpaired) electrons. The molecule has 0 saturated carbocycles. The first kappa shape index (κ1) is 16.5. The number of benzene rings is 2. The van der Waals surface area contributed by atoms with Gasteiger partial charge in [-0.2, -0.15) is 0 Å². The van der Waals surface area contributed by atoms with Crippen molar-refractivity contribution < 1.29 is 4.79 Å². The van der Waals surface area contributed by atoms with Gasteiger partial charge in [-0.15, -0.1) is 0 Å². The SMILES string of the molecule is O=C(CNC1=CCCC=C1)Nc1cccc2c1CCc1ccccc1N2. The number of para-hydroxylation sites is 1. The van der Waals surface area contributed by atoms with Gasteiger partial charge in [0.1, 0.15) is 0 Å². The van der Waals surface area contributed by atoms with E-state index in [4.69, 9.17) is 0 Å². The number of hydrogen-bond acceptors (Lipinski definition) is 3. The van der Waals surface area contributed by atoms with E-state index in [1.165, 1.54) is 5.56 Å². The molecule has 0 atom stereocenters. The van der Waals surface area contributed by atoms with E-state index in [2.05, 4.69) is 52.4 Å². The van der Waals surface area contributed by atoms with E-state index in [0.29, 0.717) is 0 Å². The molecular formula is C22H23N3O. The molecule has 0 unspecified atom stereocenters. The van der Waals surface area contributed by atoms with Gasteiger partial charge >= 0.3 is 0 Å². The van der Waals surface area contributed by atoms with Crippen LogP contribution < -0.4 is 16.0 Å². The average Bonchev–Trinajstić information content (AvgIpc) is 2.87. The van der Waals surface area contributed by atoms with Crippen LogP contribution in [0.25, 0.3) is 0 Å². The number of aryl methyl sites for hydroxylation is 1. The van der Waals surface area contributed by atoms with Gasteiger partial charge in [0, 0.05) is 22.8 Å². The zero-order chi connectivity index (χ0) is 17.8. The Morgan fingerprint density at radius 2 is 1.88 bits per heavy atom. The van der Waals surface area contributed by atoms with Gasteiger partial charge < -0.3 is 16.0 Å². The Kier molecular flexibility index (Phi) is 4.73. The Hall–Kier alpha value is -3.01. The lowest BCUT2D eigenvalue weighted by atomic mass is 10.0. The van der Waals surface area contributed by atoms with Crippen LogP contribution in [-0.2, 0) is 17.6 Å². The van der Waals surface area contributed by atoms with Crippen LogP contribution in [0.2, 0.25) is 0 Å². The van der Waals surface area contributed by atoms with Gasteiger partial charge in [0.25, 0.3) is 0 Å². The fourth-order valence-corrected chi connectivity index (χ4v) is 3.48. The summed E-state index contributed by atoms with van der Waals surface area (Å²) in [5.74, 6) is -0.0277. The molecule has 0 bridgehead atoms. The number of rotatable bonds is 4. The number of allylic oxidation sites excluding steroid dienone is 3. The molecule has 2 aliphatic rings. The van der Waals surface area contributed by atoms with Crippen molar-refractivity contribution in [3.05, 3.63) is 77.5 Å². The molecule has 0 spiro atoms. The standard InChI is InChI=1S/C22H23N3O/c26-22(15-23-17-8-2-1-3-9-17)25-21-12-6-11-20-18(21)14-13-16-7-4-5-10-19(16)24-20/h2,4-12,23-24H,1,3,13-15H2,(H,25,26). The first-order valence-electron chi connectivity index (χ1n) is 9.17. The molecule has 4 heteroatoms. The molecule has 1 amide bonds. The number of nitrogens with one attached hydrogen (secondary N) is 3. The number of hydrogen-bond donors (Lipinski definition) is 3. The fourth-order valence-electron chi connectivity index (χ4n) is 3.48. The van der Waals surface area contributed by atoms with Crippen molar-refractivity contribution in [3.8, 4) is 0 Å². The monoisotopic (exact) mass is 345 g/mol. The van der Waals surface area contributed by atoms with Gasteiger partial charge in [-0.1, -0.05) is 36.4 Å². The number of amides is 1. The van der Waals surface area contributed by atoms with Gasteiger partial charge in [-0.25, -0.2) is 0 Å². The molecule has 1 aliphatic carbocycles. The van der Waals surface area contributed by atoms with Gasteiger partial charge in [-0.3, -0.25) is 4.79 Å². The Labute approximate surface area is 154 Å². The van der Waals surface area contributed by atoms with E-state index in [-0.39, 0.29) is 12.5 Å². The predicted octanol–water partition coefficient (Wildman–Crippen LogP) is 4.29.